The van der Waals surface area contributed by atoms with Crippen LogP contribution in [0.3, 0.4) is 0 Å². The zero-order valence-electron chi connectivity index (χ0n) is 16.7. The van der Waals surface area contributed by atoms with Crippen LogP contribution < -0.4 is 20.1 Å². The summed E-state index contributed by atoms with van der Waals surface area (Å²) in [6.45, 7) is 2.87. The van der Waals surface area contributed by atoms with Crippen molar-refractivity contribution < 1.29 is 19.1 Å². The topological polar surface area (TPSA) is 102 Å². The Labute approximate surface area is 178 Å². The molecule has 0 spiro atoms. The largest absolute Gasteiger partial charge is 0.497 e. The van der Waals surface area contributed by atoms with E-state index >= 15 is 0 Å². The number of hydrogen-bond donors (Lipinski definition) is 2. The molecule has 0 aliphatic carbocycles. The SMILES string of the molecule is CCOc1ccc(C(=O)Nc2nnc(CCNC(=O)c3cccc(OC)c3)s2)cc1. The highest BCUT2D eigenvalue weighted by atomic mass is 32.1. The van der Waals surface area contributed by atoms with Crippen molar-refractivity contribution in [3.05, 3.63) is 64.7 Å². The minimum absolute atomic E-state index is 0.192. The molecule has 9 heteroatoms. The number of amides is 2. The second-order valence-corrected chi connectivity index (χ2v) is 7.21. The molecule has 156 valence electrons. The molecule has 3 rings (SSSR count). The average Bonchev–Trinajstić information content (AvgIpc) is 3.21. The third-order valence-electron chi connectivity index (χ3n) is 4.07. The van der Waals surface area contributed by atoms with Gasteiger partial charge >= 0.3 is 0 Å². The summed E-state index contributed by atoms with van der Waals surface area (Å²) in [7, 11) is 1.55. The normalized spacial score (nSPS) is 10.3. The van der Waals surface area contributed by atoms with Crippen molar-refractivity contribution in [3.8, 4) is 11.5 Å². The summed E-state index contributed by atoms with van der Waals surface area (Å²) in [5.41, 5.74) is 1.02. The van der Waals surface area contributed by atoms with Gasteiger partial charge in [-0.2, -0.15) is 0 Å². The van der Waals surface area contributed by atoms with Crippen LogP contribution in [0.2, 0.25) is 0 Å². The number of rotatable bonds is 9. The van der Waals surface area contributed by atoms with Crippen LogP contribution in [0.1, 0.15) is 32.6 Å². The Kier molecular flexibility index (Phi) is 7.34. The number of nitrogens with one attached hydrogen (secondary N) is 2. The molecule has 8 nitrogen and oxygen atoms in total. The van der Waals surface area contributed by atoms with Crippen molar-refractivity contribution in [2.45, 2.75) is 13.3 Å². The van der Waals surface area contributed by atoms with Crippen molar-refractivity contribution in [1.82, 2.24) is 15.5 Å². The highest BCUT2D eigenvalue weighted by Crippen LogP contribution is 2.18. The molecular weight excluding hydrogens is 404 g/mol. The molecule has 0 fully saturated rings. The maximum atomic E-state index is 12.3. The van der Waals surface area contributed by atoms with Gasteiger partial charge in [0.1, 0.15) is 16.5 Å². The summed E-state index contributed by atoms with van der Waals surface area (Å²) >= 11 is 1.27. The molecule has 0 aliphatic rings. The van der Waals surface area contributed by atoms with Crippen LogP contribution in [-0.2, 0) is 6.42 Å². The number of ether oxygens (including phenoxy) is 2. The number of aromatic nitrogens is 2. The zero-order valence-corrected chi connectivity index (χ0v) is 17.5. The number of carbonyl (C=O) groups is 2. The molecule has 0 saturated heterocycles. The molecular formula is C21H22N4O4S. The van der Waals surface area contributed by atoms with Gasteiger partial charge in [-0.15, -0.1) is 10.2 Å². The summed E-state index contributed by atoms with van der Waals surface area (Å²) in [4.78, 5) is 24.5. The fraction of sp³-hybridized carbons (Fsp3) is 0.238. The van der Waals surface area contributed by atoms with Gasteiger partial charge < -0.3 is 14.8 Å². The van der Waals surface area contributed by atoms with E-state index in [2.05, 4.69) is 20.8 Å². The Morgan fingerprint density at radius 1 is 1.00 bits per heavy atom. The maximum Gasteiger partial charge on any atom is 0.257 e. The van der Waals surface area contributed by atoms with Crippen molar-refractivity contribution in [2.75, 3.05) is 25.6 Å². The van der Waals surface area contributed by atoms with E-state index in [1.165, 1.54) is 11.3 Å². The van der Waals surface area contributed by atoms with Crippen molar-refractivity contribution in [2.24, 2.45) is 0 Å². The highest BCUT2D eigenvalue weighted by molar-refractivity contribution is 7.15. The number of benzene rings is 2. The van der Waals surface area contributed by atoms with E-state index in [0.717, 1.165) is 0 Å². The summed E-state index contributed by atoms with van der Waals surface area (Å²) in [6.07, 6.45) is 0.506. The van der Waals surface area contributed by atoms with Crippen LogP contribution in [0.15, 0.2) is 48.5 Å². The Bertz CT molecular complexity index is 1000. The standard InChI is InChI=1S/C21H22N4O4S/c1-3-29-16-9-7-14(8-10-16)20(27)23-21-25-24-18(30-21)11-12-22-19(26)15-5-4-6-17(13-15)28-2/h4-10,13H,3,11-12H2,1-2H3,(H,22,26)(H,23,25,27). The smallest absolute Gasteiger partial charge is 0.257 e. The van der Waals surface area contributed by atoms with Crippen LogP contribution >= 0.6 is 11.3 Å². The third kappa shape index (κ3) is 5.77. The Morgan fingerprint density at radius 3 is 2.53 bits per heavy atom. The van der Waals surface area contributed by atoms with Crippen molar-refractivity contribution in [1.29, 1.82) is 0 Å². The molecule has 1 heterocycles. The summed E-state index contributed by atoms with van der Waals surface area (Å²) in [6, 6.07) is 13.8. The fourth-order valence-corrected chi connectivity index (χ4v) is 3.33. The monoisotopic (exact) mass is 426 g/mol. The molecule has 0 bridgehead atoms. The van der Waals surface area contributed by atoms with Gasteiger partial charge in [0.05, 0.1) is 13.7 Å². The first-order valence-corrected chi connectivity index (χ1v) is 10.2. The number of methoxy groups -OCH3 is 1. The summed E-state index contributed by atoms with van der Waals surface area (Å²) in [5, 5.41) is 14.7. The molecule has 2 amide bonds. The molecule has 30 heavy (non-hydrogen) atoms. The van der Waals surface area contributed by atoms with Crippen LogP contribution in [0.25, 0.3) is 0 Å². The van der Waals surface area contributed by atoms with E-state index in [1.54, 1.807) is 55.6 Å². The van der Waals surface area contributed by atoms with Crippen molar-refractivity contribution in [3.63, 3.8) is 0 Å². The molecule has 0 atom stereocenters. The van der Waals surface area contributed by atoms with E-state index < -0.39 is 0 Å². The second-order valence-electron chi connectivity index (χ2n) is 6.15. The van der Waals surface area contributed by atoms with Gasteiger partial charge in [-0.1, -0.05) is 17.4 Å². The van der Waals surface area contributed by atoms with Crippen LogP contribution in [0.4, 0.5) is 5.13 Å². The van der Waals surface area contributed by atoms with Crippen molar-refractivity contribution >= 4 is 28.3 Å². The van der Waals surface area contributed by atoms with E-state index in [4.69, 9.17) is 9.47 Å². The Morgan fingerprint density at radius 2 is 1.80 bits per heavy atom. The van der Waals surface area contributed by atoms with E-state index in [-0.39, 0.29) is 11.8 Å². The first kappa shape index (κ1) is 21.3. The number of carbonyl (C=O) groups excluding carboxylic acids is 2. The molecule has 1 aromatic heterocycles. The molecule has 2 N–H and O–H groups in total. The molecule has 0 radical (unpaired) electrons. The number of nitrogens with zero attached hydrogens (tertiary/aromatic N) is 2. The molecule has 0 aliphatic heterocycles. The fourth-order valence-electron chi connectivity index (χ4n) is 2.59. The van der Waals surface area contributed by atoms with Gasteiger partial charge in [0.2, 0.25) is 5.13 Å². The highest BCUT2D eigenvalue weighted by Gasteiger charge is 2.11. The van der Waals surface area contributed by atoms with Gasteiger partial charge in [-0.25, -0.2) is 0 Å². The lowest BCUT2D eigenvalue weighted by atomic mass is 10.2. The van der Waals surface area contributed by atoms with Crippen LogP contribution in [0, 0.1) is 0 Å². The van der Waals surface area contributed by atoms with Gasteiger partial charge in [-0.05, 0) is 49.4 Å². The van der Waals surface area contributed by atoms with E-state index in [1.807, 2.05) is 6.92 Å². The van der Waals surface area contributed by atoms with Crippen LogP contribution in [0.5, 0.6) is 11.5 Å². The maximum absolute atomic E-state index is 12.3. The summed E-state index contributed by atoms with van der Waals surface area (Å²) < 4.78 is 10.5. The van der Waals surface area contributed by atoms with E-state index in [9.17, 15) is 9.59 Å². The first-order chi connectivity index (χ1) is 14.6. The molecule has 0 saturated carbocycles. The minimum Gasteiger partial charge on any atom is -0.497 e. The lowest BCUT2D eigenvalue weighted by Crippen LogP contribution is -2.25. The predicted molar refractivity (Wildman–Crippen MR) is 115 cm³/mol. The second kappa shape index (κ2) is 10.4. The Balaban J connectivity index is 1.48. The average molecular weight is 426 g/mol. The van der Waals surface area contributed by atoms with E-state index in [0.29, 0.717) is 52.3 Å². The van der Waals surface area contributed by atoms with Crippen LogP contribution in [-0.4, -0.2) is 42.3 Å². The first-order valence-electron chi connectivity index (χ1n) is 9.38. The number of anilines is 1. The predicted octanol–water partition coefficient (Wildman–Crippen LogP) is 3.17. The van der Waals surface area contributed by atoms with Gasteiger partial charge in [-0.3, -0.25) is 14.9 Å². The van der Waals surface area contributed by atoms with Gasteiger partial charge in [0.15, 0.2) is 0 Å². The summed E-state index contributed by atoms with van der Waals surface area (Å²) in [5.74, 6) is 0.873. The number of hydrogen-bond acceptors (Lipinski definition) is 7. The minimum atomic E-state index is -0.271. The molecule has 0 unspecified atom stereocenters. The Hall–Kier alpha value is -3.46. The van der Waals surface area contributed by atoms with Gasteiger partial charge in [0.25, 0.3) is 11.8 Å². The quantitative estimate of drug-likeness (QED) is 0.545. The lowest BCUT2D eigenvalue weighted by Gasteiger charge is -2.05. The van der Waals surface area contributed by atoms with Gasteiger partial charge in [0, 0.05) is 24.1 Å². The lowest BCUT2D eigenvalue weighted by molar-refractivity contribution is 0.0953. The molecule has 3 aromatic rings. The molecule has 2 aromatic carbocycles. The third-order valence-corrected chi connectivity index (χ3v) is 4.97. The zero-order chi connectivity index (χ0) is 21.3.